The Balaban J connectivity index is 1.54. The zero-order valence-electron chi connectivity index (χ0n) is 26.8. The Hall–Kier alpha value is -3.76. The van der Waals surface area contributed by atoms with Gasteiger partial charge in [0.2, 0.25) is 5.91 Å². The molecule has 1 fully saturated rings. The van der Waals surface area contributed by atoms with E-state index in [9.17, 15) is 28.7 Å². The van der Waals surface area contributed by atoms with Crippen molar-refractivity contribution >= 4 is 23.5 Å². The number of hydrogen-bond acceptors (Lipinski definition) is 6. The van der Waals surface area contributed by atoms with Gasteiger partial charge in [0, 0.05) is 37.7 Å². The summed E-state index contributed by atoms with van der Waals surface area (Å²) in [6, 6.07) is 12.2. The van der Waals surface area contributed by atoms with Crippen LogP contribution in [0.4, 0.5) is 8.78 Å². The highest BCUT2D eigenvalue weighted by atomic mass is 19.1. The molecule has 0 spiro atoms. The average Bonchev–Trinajstić information content (AvgIpc) is 3.57. The third-order valence-electron chi connectivity index (χ3n) is 9.37. The summed E-state index contributed by atoms with van der Waals surface area (Å²) in [5, 5.41) is 10.1. The fraction of sp³-hybridized carbons (Fsp3) is 0.500. The van der Waals surface area contributed by atoms with Crippen LogP contribution in [0, 0.1) is 28.9 Å². The number of carbonyl (C=O) groups excluding carboxylic acids is 4. The number of ketones is 1. The van der Waals surface area contributed by atoms with Gasteiger partial charge in [-0.05, 0) is 84.6 Å². The highest BCUT2D eigenvalue weighted by molar-refractivity contribution is 6.12. The van der Waals surface area contributed by atoms with Crippen LogP contribution in [0.5, 0.6) is 0 Å². The molecule has 4 rings (SSSR count). The van der Waals surface area contributed by atoms with Crippen molar-refractivity contribution in [1.82, 2.24) is 9.80 Å². The summed E-state index contributed by atoms with van der Waals surface area (Å²) in [5.41, 5.74) is 7.25. The molecule has 5 atom stereocenters. The maximum Gasteiger partial charge on any atom is 0.253 e. The van der Waals surface area contributed by atoms with Crippen LogP contribution in [0.1, 0.15) is 69.9 Å². The van der Waals surface area contributed by atoms with E-state index in [-0.39, 0.29) is 55.9 Å². The molecule has 1 aliphatic carbocycles. The Morgan fingerprint density at radius 1 is 1.04 bits per heavy atom. The lowest BCUT2D eigenvalue weighted by Crippen LogP contribution is -2.54. The second-order valence-corrected chi connectivity index (χ2v) is 13.6. The van der Waals surface area contributed by atoms with Gasteiger partial charge < -0.3 is 15.7 Å². The van der Waals surface area contributed by atoms with Crippen molar-refractivity contribution in [2.45, 2.75) is 77.3 Å². The van der Waals surface area contributed by atoms with Crippen molar-refractivity contribution in [3.05, 3.63) is 83.4 Å². The van der Waals surface area contributed by atoms with Gasteiger partial charge in [-0.1, -0.05) is 51.1 Å². The molecule has 1 saturated carbocycles. The second-order valence-electron chi connectivity index (χ2n) is 13.6. The average molecular weight is 638 g/mol. The molecule has 0 saturated heterocycles. The van der Waals surface area contributed by atoms with E-state index in [0.29, 0.717) is 24.8 Å². The molecular weight excluding hydrogens is 592 g/mol. The fourth-order valence-electron chi connectivity index (χ4n) is 7.32. The Morgan fingerprint density at radius 3 is 2.35 bits per heavy atom. The van der Waals surface area contributed by atoms with Crippen molar-refractivity contribution < 1.29 is 33.1 Å². The predicted molar refractivity (Wildman–Crippen MR) is 170 cm³/mol. The normalized spacial score (nSPS) is 21.1. The Morgan fingerprint density at radius 2 is 1.72 bits per heavy atom. The molecule has 3 N–H and O–H groups in total. The number of amides is 3. The lowest BCUT2D eigenvalue weighted by Gasteiger charge is -2.46. The number of aliphatic hydroxyl groups is 1. The van der Waals surface area contributed by atoms with E-state index in [1.54, 1.807) is 4.90 Å². The highest BCUT2D eigenvalue weighted by Crippen LogP contribution is 2.50. The van der Waals surface area contributed by atoms with Crippen molar-refractivity contribution in [3.8, 4) is 0 Å². The summed E-state index contributed by atoms with van der Waals surface area (Å²) in [7, 11) is 0. The lowest BCUT2D eigenvalue weighted by atomic mass is 9.72. The first-order valence-corrected chi connectivity index (χ1v) is 16.0. The number of rotatable bonds is 14. The number of aliphatic hydroxyl groups excluding tert-OH is 1. The molecule has 8 nitrogen and oxygen atoms in total. The van der Waals surface area contributed by atoms with Crippen molar-refractivity contribution in [1.29, 1.82) is 0 Å². The molecule has 0 bridgehead atoms. The number of nitrogens with two attached hydrogens (primary N) is 1. The summed E-state index contributed by atoms with van der Waals surface area (Å²) < 4.78 is 29.3. The summed E-state index contributed by atoms with van der Waals surface area (Å²) in [4.78, 5) is 52.6. The van der Waals surface area contributed by atoms with Crippen LogP contribution in [0.3, 0.4) is 0 Å². The predicted octanol–water partition coefficient (Wildman–Crippen LogP) is 4.54. The monoisotopic (exact) mass is 637 g/mol. The summed E-state index contributed by atoms with van der Waals surface area (Å²) in [5.74, 6) is -2.89. The number of imide groups is 1. The van der Waals surface area contributed by atoms with Crippen LogP contribution in [-0.2, 0) is 25.6 Å². The Labute approximate surface area is 269 Å². The van der Waals surface area contributed by atoms with Crippen molar-refractivity contribution in [2.24, 2.45) is 23.0 Å². The number of Topliss-reactive ketones (excluding diaryl/α,β-unsaturated/α-hetero) is 1. The third kappa shape index (κ3) is 8.53. The van der Waals surface area contributed by atoms with Crippen LogP contribution in [-0.4, -0.2) is 70.2 Å². The van der Waals surface area contributed by atoms with Gasteiger partial charge in [0.05, 0.1) is 6.04 Å². The molecule has 0 aromatic heterocycles. The standard InChI is InChI=1S/C36H45F2N3O5/c1-36(2,3)35(41(34(46)22-42)17-15-30(39)31(43)10-7-16-40-32(44)13-14-33(40)45)28-20-25(27-21-26(37)11-12-29(27)38)19-24(28)18-23-8-5-4-6-9-23/h4-6,8-9,11-14,21,24-25,28,30,35,42H,7,10,15-20,22,39H2,1-3H3/t24?,25?,28?,30-,35-/m0/s1. The topological polar surface area (TPSA) is 121 Å². The van der Waals surface area contributed by atoms with Crippen LogP contribution >= 0.6 is 0 Å². The van der Waals surface area contributed by atoms with Crippen molar-refractivity contribution in [3.63, 3.8) is 0 Å². The quantitative estimate of drug-likeness (QED) is 0.294. The fourth-order valence-corrected chi connectivity index (χ4v) is 7.32. The minimum absolute atomic E-state index is 0.0223. The van der Waals surface area contributed by atoms with Crippen molar-refractivity contribution in [2.75, 3.05) is 19.7 Å². The molecule has 10 heteroatoms. The van der Waals surface area contributed by atoms with E-state index in [1.165, 1.54) is 18.2 Å². The van der Waals surface area contributed by atoms with Gasteiger partial charge in [-0.2, -0.15) is 0 Å². The zero-order valence-corrected chi connectivity index (χ0v) is 26.8. The Bertz CT molecular complexity index is 1420. The van der Waals surface area contributed by atoms with E-state index in [0.717, 1.165) is 22.6 Å². The maximum absolute atomic E-state index is 15.0. The smallest absolute Gasteiger partial charge is 0.253 e. The SMILES string of the molecule is CC(C)(C)[C@H](C1CC(c2cc(F)ccc2F)CC1Cc1ccccc1)N(CC[C@H](N)C(=O)CCCN1C(=O)C=CC1=O)C(=O)CO. The number of halogens is 2. The van der Waals surface area contributed by atoms with E-state index in [2.05, 4.69) is 0 Å². The van der Waals surface area contributed by atoms with E-state index in [1.807, 2.05) is 51.1 Å². The van der Waals surface area contributed by atoms with Gasteiger partial charge in [0.15, 0.2) is 0 Å². The van der Waals surface area contributed by atoms with E-state index >= 15 is 4.39 Å². The van der Waals surface area contributed by atoms with E-state index < -0.39 is 53.5 Å². The maximum atomic E-state index is 15.0. The van der Waals surface area contributed by atoms with Gasteiger partial charge in [0.1, 0.15) is 24.0 Å². The molecule has 2 aliphatic rings. The van der Waals surface area contributed by atoms with Crippen LogP contribution in [0.25, 0.3) is 0 Å². The number of carbonyl (C=O) groups is 4. The zero-order chi connectivity index (χ0) is 33.6. The molecule has 1 heterocycles. The van der Waals surface area contributed by atoms with Gasteiger partial charge >= 0.3 is 0 Å². The molecule has 2 aromatic carbocycles. The molecule has 1 aliphatic heterocycles. The Kier molecular flexibility index (Phi) is 11.6. The minimum atomic E-state index is -0.893. The summed E-state index contributed by atoms with van der Waals surface area (Å²) in [6.45, 7) is 5.57. The summed E-state index contributed by atoms with van der Waals surface area (Å²) in [6.07, 6.45) is 4.68. The number of benzene rings is 2. The van der Waals surface area contributed by atoms with Crippen LogP contribution in [0.15, 0.2) is 60.7 Å². The lowest BCUT2D eigenvalue weighted by molar-refractivity contribution is -0.142. The number of nitrogens with zero attached hydrogens (tertiary/aromatic N) is 2. The molecule has 3 unspecified atom stereocenters. The molecule has 0 radical (unpaired) electrons. The van der Waals surface area contributed by atoms with Gasteiger partial charge in [-0.3, -0.25) is 24.1 Å². The number of hydrogen-bond donors (Lipinski definition) is 2. The third-order valence-corrected chi connectivity index (χ3v) is 9.37. The van der Waals surface area contributed by atoms with E-state index in [4.69, 9.17) is 5.73 Å². The molecule has 2 aromatic rings. The molecule has 248 valence electrons. The van der Waals surface area contributed by atoms with Gasteiger partial charge in [-0.15, -0.1) is 0 Å². The second kappa shape index (κ2) is 15.2. The summed E-state index contributed by atoms with van der Waals surface area (Å²) >= 11 is 0. The first-order valence-electron chi connectivity index (χ1n) is 16.0. The first kappa shape index (κ1) is 35.1. The first-order chi connectivity index (χ1) is 21.8. The highest BCUT2D eigenvalue weighted by Gasteiger charge is 2.47. The largest absolute Gasteiger partial charge is 0.387 e. The molecule has 3 amide bonds. The van der Waals surface area contributed by atoms with Gasteiger partial charge in [-0.25, -0.2) is 8.78 Å². The van der Waals surface area contributed by atoms with Gasteiger partial charge in [0.25, 0.3) is 11.8 Å². The molecular formula is C36H45F2N3O5. The van der Waals surface area contributed by atoms with Crippen LogP contribution < -0.4 is 5.73 Å². The van der Waals surface area contributed by atoms with Crippen LogP contribution in [0.2, 0.25) is 0 Å². The molecule has 46 heavy (non-hydrogen) atoms. The minimum Gasteiger partial charge on any atom is -0.387 e.